The molecule has 1 unspecified atom stereocenters. The maximum absolute atomic E-state index is 9.47. The van der Waals surface area contributed by atoms with Crippen molar-refractivity contribution in [2.75, 3.05) is 6.54 Å². The molecule has 1 aliphatic rings. The Morgan fingerprint density at radius 3 is 3.12 bits per heavy atom. The lowest BCUT2D eigenvalue weighted by molar-refractivity contribution is 0.144. The van der Waals surface area contributed by atoms with E-state index in [9.17, 15) is 5.11 Å². The highest BCUT2D eigenvalue weighted by atomic mass is 16.3. The molecule has 1 atom stereocenters. The van der Waals surface area contributed by atoms with E-state index >= 15 is 0 Å². The van der Waals surface area contributed by atoms with Crippen molar-refractivity contribution in [2.24, 2.45) is 5.92 Å². The molecule has 0 aromatic carbocycles. The van der Waals surface area contributed by atoms with Crippen LogP contribution in [0.4, 0.5) is 0 Å². The molecule has 1 aliphatic carbocycles. The van der Waals surface area contributed by atoms with E-state index in [1.807, 2.05) is 13.1 Å². The first-order chi connectivity index (χ1) is 7.78. The lowest BCUT2D eigenvalue weighted by atomic mass is 10.3. The SMILES string of the molecule is CCC(O)Cn1cc(CNCC2CC2)nn1. The van der Waals surface area contributed by atoms with Gasteiger partial charge in [0.05, 0.1) is 18.3 Å². The van der Waals surface area contributed by atoms with Crippen molar-refractivity contribution in [1.29, 1.82) is 0 Å². The molecule has 0 spiro atoms. The quantitative estimate of drug-likeness (QED) is 0.710. The fourth-order valence-corrected chi connectivity index (χ4v) is 1.58. The predicted molar refractivity (Wildman–Crippen MR) is 60.8 cm³/mol. The van der Waals surface area contributed by atoms with Gasteiger partial charge in [0.25, 0.3) is 0 Å². The summed E-state index contributed by atoms with van der Waals surface area (Å²) in [6.07, 6.45) is 5.05. The molecule has 0 saturated heterocycles. The highest BCUT2D eigenvalue weighted by Crippen LogP contribution is 2.27. The fourth-order valence-electron chi connectivity index (χ4n) is 1.58. The maximum atomic E-state index is 9.47. The molecule has 5 nitrogen and oxygen atoms in total. The van der Waals surface area contributed by atoms with Crippen LogP contribution in [0.15, 0.2) is 6.20 Å². The van der Waals surface area contributed by atoms with Crippen LogP contribution in [0.3, 0.4) is 0 Å². The second-order valence-electron chi connectivity index (χ2n) is 4.57. The van der Waals surface area contributed by atoms with Gasteiger partial charge in [0, 0.05) is 12.7 Å². The summed E-state index contributed by atoms with van der Waals surface area (Å²) in [6.45, 7) is 4.36. The van der Waals surface area contributed by atoms with Crippen molar-refractivity contribution >= 4 is 0 Å². The number of hydrogen-bond donors (Lipinski definition) is 2. The maximum Gasteiger partial charge on any atom is 0.0964 e. The third-order valence-corrected chi connectivity index (χ3v) is 2.89. The Bertz CT molecular complexity index is 322. The van der Waals surface area contributed by atoms with Crippen LogP contribution >= 0.6 is 0 Å². The normalized spacial score (nSPS) is 17.6. The Labute approximate surface area is 95.8 Å². The molecule has 1 fully saturated rings. The van der Waals surface area contributed by atoms with Gasteiger partial charge in [-0.1, -0.05) is 12.1 Å². The van der Waals surface area contributed by atoms with Crippen LogP contribution in [0.2, 0.25) is 0 Å². The summed E-state index contributed by atoms with van der Waals surface area (Å²) in [4.78, 5) is 0. The van der Waals surface area contributed by atoms with Gasteiger partial charge in [-0.05, 0) is 31.7 Å². The van der Waals surface area contributed by atoms with Gasteiger partial charge in [-0.2, -0.15) is 0 Å². The Kier molecular flexibility index (Phi) is 3.90. The summed E-state index contributed by atoms with van der Waals surface area (Å²) in [5, 5.41) is 20.9. The fraction of sp³-hybridized carbons (Fsp3) is 0.818. The molecule has 0 aliphatic heterocycles. The number of aliphatic hydroxyl groups excluding tert-OH is 1. The molecule has 5 heteroatoms. The standard InChI is InChI=1S/C11H20N4O/c1-2-11(16)8-15-7-10(13-14-15)6-12-5-9-3-4-9/h7,9,11-12,16H,2-6,8H2,1H3. The molecule has 90 valence electrons. The molecule has 1 aromatic rings. The summed E-state index contributed by atoms with van der Waals surface area (Å²) in [6, 6.07) is 0. The predicted octanol–water partition coefficient (Wildman–Crippen LogP) is 0.549. The summed E-state index contributed by atoms with van der Waals surface area (Å²) in [7, 11) is 0. The number of rotatable bonds is 7. The molecular weight excluding hydrogens is 204 g/mol. The minimum absolute atomic E-state index is 0.325. The molecule has 0 amide bonds. The Hall–Kier alpha value is -0.940. The smallest absolute Gasteiger partial charge is 0.0964 e. The molecule has 2 N–H and O–H groups in total. The third-order valence-electron chi connectivity index (χ3n) is 2.89. The average molecular weight is 224 g/mol. The molecule has 2 rings (SSSR count). The molecule has 0 bridgehead atoms. The number of hydrogen-bond acceptors (Lipinski definition) is 4. The van der Waals surface area contributed by atoms with Crippen molar-refractivity contribution in [2.45, 2.75) is 45.4 Å². The van der Waals surface area contributed by atoms with Gasteiger partial charge in [0.1, 0.15) is 0 Å². The molecule has 1 aromatic heterocycles. The second kappa shape index (κ2) is 5.41. The first-order valence-electron chi connectivity index (χ1n) is 6.05. The van der Waals surface area contributed by atoms with Gasteiger partial charge in [-0.3, -0.25) is 0 Å². The second-order valence-corrected chi connectivity index (χ2v) is 4.57. The van der Waals surface area contributed by atoms with E-state index in [0.29, 0.717) is 6.54 Å². The van der Waals surface area contributed by atoms with Gasteiger partial charge in [0.2, 0.25) is 0 Å². The van der Waals surface area contributed by atoms with Gasteiger partial charge in [-0.25, -0.2) is 4.68 Å². The van der Waals surface area contributed by atoms with E-state index in [0.717, 1.165) is 31.1 Å². The van der Waals surface area contributed by atoms with Gasteiger partial charge < -0.3 is 10.4 Å². The molecule has 1 saturated carbocycles. The highest BCUT2D eigenvalue weighted by Gasteiger charge is 2.20. The molecule has 16 heavy (non-hydrogen) atoms. The van der Waals surface area contributed by atoms with Crippen LogP contribution < -0.4 is 5.32 Å². The number of aliphatic hydroxyl groups is 1. The van der Waals surface area contributed by atoms with E-state index in [1.165, 1.54) is 12.8 Å². The Balaban J connectivity index is 1.72. The average Bonchev–Trinajstić information content (AvgIpc) is 2.99. The number of aromatic nitrogens is 3. The zero-order valence-corrected chi connectivity index (χ0v) is 9.76. The summed E-state index contributed by atoms with van der Waals surface area (Å²) in [5.74, 6) is 0.886. The molecular formula is C11H20N4O. The van der Waals surface area contributed by atoms with Crippen LogP contribution in [0.5, 0.6) is 0 Å². The van der Waals surface area contributed by atoms with Gasteiger partial charge in [-0.15, -0.1) is 5.10 Å². The van der Waals surface area contributed by atoms with E-state index in [4.69, 9.17) is 0 Å². The van der Waals surface area contributed by atoms with Crippen molar-refractivity contribution in [1.82, 2.24) is 20.3 Å². The monoisotopic (exact) mass is 224 g/mol. The summed E-state index contributed by atoms with van der Waals surface area (Å²) < 4.78 is 1.71. The zero-order valence-electron chi connectivity index (χ0n) is 9.76. The third kappa shape index (κ3) is 3.57. The van der Waals surface area contributed by atoms with Crippen LogP contribution in [-0.2, 0) is 13.1 Å². The lowest BCUT2D eigenvalue weighted by Crippen LogP contribution is -2.16. The summed E-state index contributed by atoms with van der Waals surface area (Å²) >= 11 is 0. The van der Waals surface area contributed by atoms with Crippen LogP contribution in [-0.4, -0.2) is 32.7 Å². The first-order valence-corrected chi connectivity index (χ1v) is 6.05. The van der Waals surface area contributed by atoms with E-state index in [-0.39, 0.29) is 6.10 Å². The largest absolute Gasteiger partial charge is 0.391 e. The minimum Gasteiger partial charge on any atom is -0.391 e. The van der Waals surface area contributed by atoms with Gasteiger partial charge >= 0.3 is 0 Å². The molecule has 0 radical (unpaired) electrons. The Morgan fingerprint density at radius 2 is 2.44 bits per heavy atom. The van der Waals surface area contributed by atoms with Crippen molar-refractivity contribution in [3.8, 4) is 0 Å². The Morgan fingerprint density at radius 1 is 1.62 bits per heavy atom. The zero-order chi connectivity index (χ0) is 11.4. The molecule has 1 heterocycles. The van der Waals surface area contributed by atoms with E-state index in [2.05, 4.69) is 15.6 Å². The first kappa shape index (κ1) is 11.5. The van der Waals surface area contributed by atoms with Crippen molar-refractivity contribution < 1.29 is 5.11 Å². The van der Waals surface area contributed by atoms with Crippen molar-refractivity contribution in [3.05, 3.63) is 11.9 Å². The lowest BCUT2D eigenvalue weighted by Gasteiger charge is -2.05. The minimum atomic E-state index is -0.325. The van der Waals surface area contributed by atoms with Crippen LogP contribution in [0.1, 0.15) is 31.9 Å². The van der Waals surface area contributed by atoms with Crippen molar-refractivity contribution in [3.63, 3.8) is 0 Å². The van der Waals surface area contributed by atoms with Crippen LogP contribution in [0.25, 0.3) is 0 Å². The number of nitrogens with zero attached hydrogens (tertiary/aromatic N) is 3. The van der Waals surface area contributed by atoms with E-state index in [1.54, 1.807) is 4.68 Å². The van der Waals surface area contributed by atoms with Crippen LogP contribution in [0, 0.1) is 5.92 Å². The summed E-state index contributed by atoms with van der Waals surface area (Å²) in [5.41, 5.74) is 0.948. The topological polar surface area (TPSA) is 63.0 Å². The number of nitrogens with one attached hydrogen (secondary N) is 1. The van der Waals surface area contributed by atoms with Gasteiger partial charge in [0.15, 0.2) is 0 Å². The highest BCUT2D eigenvalue weighted by molar-refractivity contribution is 4.92. The van der Waals surface area contributed by atoms with E-state index < -0.39 is 0 Å².